The highest BCUT2D eigenvalue weighted by molar-refractivity contribution is 5.74. The maximum atomic E-state index is 12.5. The summed E-state index contributed by atoms with van der Waals surface area (Å²) in [5.41, 5.74) is 0. The van der Waals surface area contributed by atoms with Crippen LogP contribution >= 0.6 is 0 Å². The third-order valence-corrected chi connectivity index (χ3v) is 4.70. The van der Waals surface area contributed by atoms with Gasteiger partial charge < -0.3 is 14.9 Å². The highest BCUT2D eigenvalue weighted by Gasteiger charge is 2.26. The molecule has 2 aliphatic rings. The Bertz CT molecular complexity index is 479. The standard InChI is InChI=1S/C16H27N5O2/c22-15(14-21-8-4-5-17-21)13-18-9-11-20(12-10-18)16(23)19-6-2-1-3-7-19/h4-5,8,15,22H,1-3,6-7,9-14H2. The summed E-state index contributed by atoms with van der Waals surface area (Å²) in [4.78, 5) is 18.6. The van der Waals surface area contributed by atoms with E-state index < -0.39 is 6.10 Å². The molecule has 0 bridgehead atoms. The molecule has 23 heavy (non-hydrogen) atoms. The van der Waals surface area contributed by atoms with Crippen LogP contribution in [-0.4, -0.2) is 87.5 Å². The van der Waals surface area contributed by atoms with Gasteiger partial charge in [-0.3, -0.25) is 9.58 Å². The van der Waals surface area contributed by atoms with Crippen molar-refractivity contribution in [3.63, 3.8) is 0 Å². The zero-order valence-electron chi connectivity index (χ0n) is 13.7. The van der Waals surface area contributed by atoms with Crippen LogP contribution in [0.3, 0.4) is 0 Å². The second-order valence-corrected chi connectivity index (χ2v) is 6.50. The monoisotopic (exact) mass is 321 g/mol. The first-order valence-electron chi connectivity index (χ1n) is 8.64. The number of rotatable bonds is 4. The van der Waals surface area contributed by atoms with E-state index in [1.807, 2.05) is 22.1 Å². The maximum absolute atomic E-state index is 12.5. The number of aliphatic hydroxyl groups excluding tert-OH is 1. The lowest BCUT2D eigenvalue weighted by molar-refractivity contribution is 0.0627. The number of nitrogens with zero attached hydrogens (tertiary/aromatic N) is 5. The van der Waals surface area contributed by atoms with Gasteiger partial charge in [-0.15, -0.1) is 0 Å². The van der Waals surface area contributed by atoms with Crippen LogP contribution < -0.4 is 0 Å². The van der Waals surface area contributed by atoms with E-state index in [4.69, 9.17) is 0 Å². The van der Waals surface area contributed by atoms with Gasteiger partial charge in [-0.05, 0) is 25.3 Å². The Morgan fingerprint density at radius 3 is 2.35 bits per heavy atom. The van der Waals surface area contributed by atoms with Crippen LogP contribution in [0, 0.1) is 0 Å². The fourth-order valence-corrected chi connectivity index (χ4v) is 3.39. The summed E-state index contributed by atoms with van der Waals surface area (Å²) in [6.45, 7) is 6.12. The largest absolute Gasteiger partial charge is 0.390 e. The molecule has 7 nitrogen and oxygen atoms in total. The summed E-state index contributed by atoms with van der Waals surface area (Å²) >= 11 is 0. The Labute approximate surface area is 137 Å². The van der Waals surface area contributed by atoms with Crippen LogP contribution in [0.4, 0.5) is 4.79 Å². The van der Waals surface area contributed by atoms with Crippen LogP contribution in [-0.2, 0) is 6.54 Å². The van der Waals surface area contributed by atoms with Crippen molar-refractivity contribution in [1.82, 2.24) is 24.5 Å². The molecule has 1 unspecified atom stereocenters. The van der Waals surface area contributed by atoms with E-state index in [0.29, 0.717) is 13.1 Å². The highest BCUT2D eigenvalue weighted by atomic mass is 16.3. The van der Waals surface area contributed by atoms with E-state index >= 15 is 0 Å². The van der Waals surface area contributed by atoms with Crippen LogP contribution in [0.15, 0.2) is 18.5 Å². The molecule has 0 spiro atoms. The van der Waals surface area contributed by atoms with Crippen LogP contribution in [0.5, 0.6) is 0 Å². The zero-order chi connectivity index (χ0) is 16.1. The molecule has 1 aromatic heterocycles. The number of piperazine rings is 1. The summed E-state index contributed by atoms with van der Waals surface area (Å²) in [6.07, 6.45) is 6.65. The van der Waals surface area contributed by atoms with Crippen molar-refractivity contribution in [3.8, 4) is 0 Å². The van der Waals surface area contributed by atoms with Gasteiger partial charge in [0.15, 0.2) is 0 Å². The lowest BCUT2D eigenvalue weighted by Crippen LogP contribution is -2.54. The Morgan fingerprint density at radius 2 is 1.70 bits per heavy atom. The lowest BCUT2D eigenvalue weighted by Gasteiger charge is -2.39. The molecule has 2 aliphatic heterocycles. The molecule has 3 heterocycles. The Kier molecular flexibility index (Phi) is 5.51. The first-order valence-corrected chi connectivity index (χ1v) is 8.64. The molecule has 1 atom stereocenters. The summed E-state index contributed by atoms with van der Waals surface area (Å²) in [5.74, 6) is 0. The Morgan fingerprint density at radius 1 is 1.00 bits per heavy atom. The number of likely N-dealkylation sites (tertiary alicyclic amines) is 1. The second kappa shape index (κ2) is 7.79. The zero-order valence-corrected chi connectivity index (χ0v) is 13.7. The predicted molar refractivity (Wildman–Crippen MR) is 87.1 cm³/mol. The number of amides is 2. The van der Waals surface area contributed by atoms with E-state index in [-0.39, 0.29) is 6.03 Å². The van der Waals surface area contributed by atoms with Gasteiger partial charge in [0.1, 0.15) is 0 Å². The quantitative estimate of drug-likeness (QED) is 0.875. The minimum atomic E-state index is -0.431. The van der Waals surface area contributed by atoms with Crippen molar-refractivity contribution in [3.05, 3.63) is 18.5 Å². The first-order chi connectivity index (χ1) is 11.2. The molecule has 0 aliphatic carbocycles. The smallest absolute Gasteiger partial charge is 0.320 e. The maximum Gasteiger partial charge on any atom is 0.320 e. The average molecular weight is 321 g/mol. The number of aromatic nitrogens is 2. The fraction of sp³-hybridized carbons (Fsp3) is 0.750. The number of hydrogen-bond acceptors (Lipinski definition) is 4. The van der Waals surface area contributed by atoms with Gasteiger partial charge in [0.25, 0.3) is 0 Å². The molecule has 2 saturated heterocycles. The SMILES string of the molecule is O=C(N1CCCCC1)N1CCN(CC(O)Cn2cccn2)CC1. The molecule has 0 radical (unpaired) electrons. The molecular weight excluding hydrogens is 294 g/mol. The molecule has 3 rings (SSSR count). The van der Waals surface area contributed by atoms with Crippen LogP contribution in [0.2, 0.25) is 0 Å². The number of carbonyl (C=O) groups excluding carboxylic acids is 1. The normalized spacial score (nSPS) is 21.4. The molecule has 128 valence electrons. The first kappa shape index (κ1) is 16.3. The topological polar surface area (TPSA) is 64.8 Å². The summed E-state index contributed by atoms with van der Waals surface area (Å²) < 4.78 is 1.75. The fourth-order valence-electron chi connectivity index (χ4n) is 3.39. The van der Waals surface area contributed by atoms with Crippen molar-refractivity contribution in [2.75, 3.05) is 45.8 Å². The van der Waals surface area contributed by atoms with Crippen molar-refractivity contribution >= 4 is 6.03 Å². The molecule has 0 aromatic carbocycles. The van der Waals surface area contributed by atoms with Crippen LogP contribution in [0.1, 0.15) is 19.3 Å². The van der Waals surface area contributed by atoms with Crippen molar-refractivity contribution in [2.24, 2.45) is 0 Å². The van der Waals surface area contributed by atoms with Gasteiger partial charge in [0, 0.05) is 58.2 Å². The number of piperidine rings is 1. The van der Waals surface area contributed by atoms with Gasteiger partial charge in [-0.1, -0.05) is 0 Å². The van der Waals surface area contributed by atoms with Crippen molar-refractivity contribution < 1.29 is 9.90 Å². The van der Waals surface area contributed by atoms with E-state index in [0.717, 1.165) is 52.1 Å². The van der Waals surface area contributed by atoms with Crippen molar-refractivity contribution in [1.29, 1.82) is 0 Å². The number of urea groups is 1. The van der Waals surface area contributed by atoms with E-state index in [2.05, 4.69) is 10.00 Å². The van der Waals surface area contributed by atoms with Gasteiger partial charge in [0.05, 0.1) is 12.6 Å². The minimum absolute atomic E-state index is 0.196. The average Bonchev–Trinajstić information content (AvgIpc) is 3.08. The molecular formula is C16H27N5O2. The molecule has 2 amide bonds. The number of aliphatic hydroxyl groups is 1. The van der Waals surface area contributed by atoms with Gasteiger partial charge in [-0.25, -0.2) is 4.79 Å². The molecule has 0 saturated carbocycles. The summed E-state index contributed by atoms with van der Waals surface area (Å²) in [7, 11) is 0. The summed E-state index contributed by atoms with van der Waals surface area (Å²) in [5, 5.41) is 14.3. The van der Waals surface area contributed by atoms with Crippen LogP contribution in [0.25, 0.3) is 0 Å². The Hall–Kier alpha value is -1.60. The third kappa shape index (κ3) is 4.45. The third-order valence-electron chi connectivity index (χ3n) is 4.70. The molecule has 1 N–H and O–H groups in total. The molecule has 1 aromatic rings. The summed E-state index contributed by atoms with van der Waals surface area (Å²) in [6, 6.07) is 2.05. The van der Waals surface area contributed by atoms with E-state index in [9.17, 15) is 9.90 Å². The van der Waals surface area contributed by atoms with E-state index in [1.165, 1.54) is 6.42 Å². The Balaban J connectivity index is 1.40. The predicted octanol–water partition coefficient (Wildman–Crippen LogP) is 0.468. The van der Waals surface area contributed by atoms with Gasteiger partial charge in [0.2, 0.25) is 0 Å². The number of hydrogen-bond donors (Lipinski definition) is 1. The molecule has 2 fully saturated rings. The van der Waals surface area contributed by atoms with Crippen molar-refractivity contribution in [2.45, 2.75) is 31.9 Å². The number of carbonyl (C=O) groups is 1. The van der Waals surface area contributed by atoms with Gasteiger partial charge in [-0.2, -0.15) is 5.10 Å². The van der Waals surface area contributed by atoms with Gasteiger partial charge >= 0.3 is 6.03 Å². The second-order valence-electron chi connectivity index (χ2n) is 6.50. The molecule has 7 heteroatoms. The minimum Gasteiger partial charge on any atom is -0.390 e. The van der Waals surface area contributed by atoms with E-state index in [1.54, 1.807) is 10.9 Å². The lowest BCUT2D eigenvalue weighted by atomic mass is 10.1. The highest BCUT2D eigenvalue weighted by Crippen LogP contribution is 2.13. The number of β-amino-alcohol motifs (C(OH)–C–C–N with tert-alkyl or cyclic N) is 1.